The number of nitrogens with two attached hydrogens (primary N) is 1. The molecule has 0 aromatic heterocycles. The van der Waals surface area contributed by atoms with Gasteiger partial charge in [-0.2, -0.15) is 13.2 Å². The Kier molecular flexibility index (Phi) is 5.19. The van der Waals surface area contributed by atoms with Gasteiger partial charge in [-0.25, -0.2) is 0 Å². The van der Waals surface area contributed by atoms with Crippen LogP contribution >= 0.6 is 15.9 Å². The van der Waals surface area contributed by atoms with E-state index in [1.807, 2.05) is 6.92 Å². The lowest BCUT2D eigenvalue weighted by molar-refractivity contribution is -0.137. The van der Waals surface area contributed by atoms with Crippen LogP contribution in [0.3, 0.4) is 0 Å². The molecule has 18 heavy (non-hydrogen) atoms. The second-order valence-corrected chi connectivity index (χ2v) is 5.07. The molecule has 102 valence electrons. The Labute approximate surface area is 112 Å². The van der Waals surface area contributed by atoms with Crippen molar-refractivity contribution in [2.24, 2.45) is 5.73 Å². The molecule has 0 aliphatic heterocycles. The molecule has 0 aliphatic carbocycles. The van der Waals surface area contributed by atoms with Crippen molar-refractivity contribution in [3.63, 3.8) is 0 Å². The molecule has 0 fully saturated rings. The van der Waals surface area contributed by atoms with Gasteiger partial charge >= 0.3 is 6.18 Å². The van der Waals surface area contributed by atoms with Gasteiger partial charge in [-0.1, -0.05) is 29.3 Å². The second-order valence-electron chi connectivity index (χ2n) is 4.15. The van der Waals surface area contributed by atoms with E-state index < -0.39 is 23.9 Å². The van der Waals surface area contributed by atoms with Crippen LogP contribution in [0, 0.1) is 0 Å². The monoisotopic (exact) mass is 325 g/mol. The predicted molar refractivity (Wildman–Crippen MR) is 67.0 cm³/mol. The Morgan fingerprint density at radius 2 is 1.94 bits per heavy atom. The molecule has 1 rings (SSSR count). The van der Waals surface area contributed by atoms with E-state index in [-0.39, 0.29) is 5.56 Å². The molecule has 0 saturated heterocycles. The standard InChI is InChI=1S/C12H15BrF3NO/c1-2-3-10(18)11(17)7-4-8(12(14,15)16)6-9(13)5-7/h4-6,10-11,18H,2-3,17H2,1H3/t10-,11+/m0/s1. The van der Waals surface area contributed by atoms with Crippen LogP contribution in [0.2, 0.25) is 0 Å². The Morgan fingerprint density at radius 1 is 1.33 bits per heavy atom. The molecule has 0 heterocycles. The largest absolute Gasteiger partial charge is 0.416 e. The zero-order chi connectivity index (χ0) is 13.9. The fourth-order valence-corrected chi connectivity index (χ4v) is 2.18. The average Bonchev–Trinajstić information content (AvgIpc) is 2.26. The summed E-state index contributed by atoms with van der Waals surface area (Å²) in [5.41, 5.74) is 5.27. The topological polar surface area (TPSA) is 46.2 Å². The number of aliphatic hydroxyl groups excluding tert-OH is 1. The van der Waals surface area contributed by atoms with E-state index in [0.29, 0.717) is 10.9 Å². The van der Waals surface area contributed by atoms with Crippen molar-refractivity contribution in [2.75, 3.05) is 0 Å². The maximum Gasteiger partial charge on any atom is 0.416 e. The lowest BCUT2D eigenvalue weighted by atomic mass is 9.97. The Morgan fingerprint density at radius 3 is 2.44 bits per heavy atom. The van der Waals surface area contributed by atoms with Crippen LogP contribution in [0.15, 0.2) is 22.7 Å². The summed E-state index contributed by atoms with van der Waals surface area (Å²) in [6, 6.07) is 2.65. The van der Waals surface area contributed by atoms with Crippen molar-refractivity contribution in [3.05, 3.63) is 33.8 Å². The fourth-order valence-electron chi connectivity index (χ4n) is 1.67. The van der Waals surface area contributed by atoms with E-state index in [1.54, 1.807) is 0 Å². The lowest BCUT2D eigenvalue weighted by Crippen LogP contribution is -2.26. The number of alkyl halides is 3. The van der Waals surface area contributed by atoms with Gasteiger partial charge in [-0.15, -0.1) is 0 Å². The molecule has 6 heteroatoms. The molecule has 0 aliphatic rings. The summed E-state index contributed by atoms with van der Waals surface area (Å²) in [4.78, 5) is 0. The summed E-state index contributed by atoms with van der Waals surface area (Å²) in [6.45, 7) is 1.87. The van der Waals surface area contributed by atoms with Gasteiger partial charge in [-0.3, -0.25) is 0 Å². The SMILES string of the molecule is CCC[C@H](O)[C@H](N)c1cc(Br)cc(C(F)(F)F)c1. The second kappa shape index (κ2) is 6.04. The number of halogens is 4. The van der Waals surface area contributed by atoms with Gasteiger partial charge in [-0.05, 0) is 30.2 Å². The van der Waals surface area contributed by atoms with Crippen molar-refractivity contribution >= 4 is 15.9 Å². The van der Waals surface area contributed by atoms with E-state index >= 15 is 0 Å². The minimum Gasteiger partial charge on any atom is -0.391 e. The van der Waals surface area contributed by atoms with Crippen molar-refractivity contribution in [2.45, 2.75) is 38.1 Å². The third kappa shape index (κ3) is 3.96. The molecule has 0 spiro atoms. The molecule has 1 aromatic carbocycles. The van der Waals surface area contributed by atoms with E-state index in [9.17, 15) is 18.3 Å². The third-order valence-electron chi connectivity index (χ3n) is 2.63. The number of hydrogen-bond acceptors (Lipinski definition) is 2. The smallest absolute Gasteiger partial charge is 0.391 e. The number of benzene rings is 1. The van der Waals surface area contributed by atoms with Gasteiger partial charge in [0.15, 0.2) is 0 Å². The highest BCUT2D eigenvalue weighted by Gasteiger charge is 2.32. The zero-order valence-electron chi connectivity index (χ0n) is 9.84. The van der Waals surface area contributed by atoms with Gasteiger partial charge in [0.25, 0.3) is 0 Å². The lowest BCUT2D eigenvalue weighted by Gasteiger charge is -2.20. The maximum atomic E-state index is 12.6. The molecule has 3 N–H and O–H groups in total. The summed E-state index contributed by atoms with van der Waals surface area (Å²) in [6.07, 6.45) is -4.09. The van der Waals surface area contributed by atoms with Crippen LogP contribution in [0.1, 0.15) is 36.9 Å². The van der Waals surface area contributed by atoms with Crippen LogP contribution in [-0.2, 0) is 6.18 Å². The van der Waals surface area contributed by atoms with Gasteiger partial charge in [0.2, 0.25) is 0 Å². The van der Waals surface area contributed by atoms with Crippen molar-refractivity contribution < 1.29 is 18.3 Å². The minimum atomic E-state index is -4.42. The summed E-state index contributed by atoms with van der Waals surface area (Å²) >= 11 is 3.02. The maximum absolute atomic E-state index is 12.6. The highest BCUT2D eigenvalue weighted by atomic mass is 79.9. The summed E-state index contributed by atoms with van der Waals surface area (Å²) in [5.74, 6) is 0. The van der Waals surface area contributed by atoms with Crippen molar-refractivity contribution in [1.29, 1.82) is 0 Å². The molecular formula is C12H15BrF3NO. The highest BCUT2D eigenvalue weighted by Crippen LogP contribution is 2.33. The van der Waals surface area contributed by atoms with Gasteiger partial charge in [0.05, 0.1) is 17.7 Å². The first kappa shape index (κ1) is 15.5. The number of aliphatic hydroxyl groups is 1. The molecule has 0 unspecified atom stereocenters. The van der Waals surface area contributed by atoms with Crippen LogP contribution < -0.4 is 5.73 Å². The third-order valence-corrected chi connectivity index (χ3v) is 3.09. The van der Waals surface area contributed by atoms with Crippen molar-refractivity contribution in [3.8, 4) is 0 Å². The predicted octanol–water partition coefficient (Wildman–Crippen LogP) is 3.63. The first-order chi connectivity index (χ1) is 8.25. The highest BCUT2D eigenvalue weighted by molar-refractivity contribution is 9.10. The van der Waals surface area contributed by atoms with E-state index in [4.69, 9.17) is 5.73 Å². The fraction of sp³-hybridized carbons (Fsp3) is 0.500. The van der Waals surface area contributed by atoms with E-state index in [0.717, 1.165) is 18.6 Å². The first-order valence-corrected chi connectivity index (χ1v) is 6.36. The normalized spacial score (nSPS) is 15.5. The van der Waals surface area contributed by atoms with Crippen LogP contribution in [0.5, 0.6) is 0 Å². The molecule has 1 aromatic rings. The van der Waals surface area contributed by atoms with E-state index in [2.05, 4.69) is 15.9 Å². The zero-order valence-corrected chi connectivity index (χ0v) is 11.4. The first-order valence-electron chi connectivity index (χ1n) is 5.57. The molecule has 0 amide bonds. The molecule has 0 bridgehead atoms. The minimum absolute atomic E-state index is 0.276. The molecular weight excluding hydrogens is 311 g/mol. The average molecular weight is 326 g/mol. The quantitative estimate of drug-likeness (QED) is 0.888. The Hall–Kier alpha value is -0.590. The summed E-state index contributed by atoms with van der Waals surface area (Å²) in [7, 11) is 0. The Balaban J connectivity index is 3.06. The summed E-state index contributed by atoms with van der Waals surface area (Å²) < 4.78 is 38.2. The van der Waals surface area contributed by atoms with Crippen molar-refractivity contribution in [1.82, 2.24) is 0 Å². The van der Waals surface area contributed by atoms with Crippen LogP contribution in [-0.4, -0.2) is 11.2 Å². The molecule has 2 nitrogen and oxygen atoms in total. The van der Waals surface area contributed by atoms with Gasteiger partial charge in [0.1, 0.15) is 0 Å². The number of hydrogen-bond donors (Lipinski definition) is 2. The molecule has 2 atom stereocenters. The molecule has 0 saturated carbocycles. The van der Waals surface area contributed by atoms with Crippen LogP contribution in [0.25, 0.3) is 0 Å². The van der Waals surface area contributed by atoms with E-state index in [1.165, 1.54) is 6.07 Å². The van der Waals surface area contributed by atoms with Gasteiger partial charge in [0, 0.05) is 4.47 Å². The Bertz CT molecular complexity index is 409. The molecule has 0 radical (unpaired) electrons. The summed E-state index contributed by atoms with van der Waals surface area (Å²) in [5, 5.41) is 9.73. The number of rotatable bonds is 4. The van der Waals surface area contributed by atoms with Crippen LogP contribution in [0.4, 0.5) is 13.2 Å². The van der Waals surface area contributed by atoms with Gasteiger partial charge < -0.3 is 10.8 Å².